The summed E-state index contributed by atoms with van der Waals surface area (Å²) in [6.07, 6.45) is 2.82. The van der Waals surface area contributed by atoms with Crippen LogP contribution in [0.5, 0.6) is 5.75 Å². The summed E-state index contributed by atoms with van der Waals surface area (Å²) in [7, 11) is 1.93. The minimum absolute atomic E-state index is 0.0349. The minimum Gasteiger partial charge on any atom is -0.494 e. The molecule has 2 rings (SSSR count). The molecule has 0 aliphatic rings. The van der Waals surface area contributed by atoms with Crippen LogP contribution in [0.25, 0.3) is 0 Å². The van der Waals surface area contributed by atoms with Gasteiger partial charge in [-0.05, 0) is 69.1 Å². The first-order valence-electron chi connectivity index (χ1n) is 6.86. The zero-order valence-electron chi connectivity index (χ0n) is 12.1. The van der Waals surface area contributed by atoms with Crippen LogP contribution in [0.3, 0.4) is 0 Å². The largest absolute Gasteiger partial charge is 0.494 e. The number of ether oxygens (including phenoxy) is 1. The molecule has 0 aliphatic carbocycles. The molecule has 1 aromatic carbocycles. The number of pyridine rings is 1. The van der Waals surface area contributed by atoms with Gasteiger partial charge in [0.15, 0.2) is 0 Å². The third kappa shape index (κ3) is 4.28. The Balaban J connectivity index is 2.24. The molecule has 0 radical (unpaired) electrons. The molecule has 1 N–H and O–H groups in total. The molecule has 3 nitrogen and oxygen atoms in total. The van der Waals surface area contributed by atoms with Gasteiger partial charge >= 0.3 is 0 Å². The van der Waals surface area contributed by atoms with Gasteiger partial charge in [0.2, 0.25) is 0 Å². The van der Waals surface area contributed by atoms with Crippen LogP contribution >= 0.6 is 31.9 Å². The monoisotopic (exact) mass is 412 g/mol. The van der Waals surface area contributed by atoms with E-state index in [0.29, 0.717) is 0 Å². The van der Waals surface area contributed by atoms with Crippen molar-refractivity contribution in [3.05, 3.63) is 56.7 Å². The van der Waals surface area contributed by atoms with Crippen LogP contribution in [0.2, 0.25) is 0 Å². The fourth-order valence-electron chi connectivity index (χ4n) is 2.08. The highest BCUT2D eigenvalue weighted by molar-refractivity contribution is 9.11. The van der Waals surface area contributed by atoms with Crippen molar-refractivity contribution in [1.82, 2.24) is 10.3 Å². The molecule has 0 spiro atoms. The first-order valence-corrected chi connectivity index (χ1v) is 8.45. The lowest BCUT2D eigenvalue weighted by atomic mass is 10.0. The topological polar surface area (TPSA) is 34.1 Å². The van der Waals surface area contributed by atoms with Gasteiger partial charge in [0.25, 0.3) is 0 Å². The lowest BCUT2D eigenvalue weighted by Crippen LogP contribution is -2.19. The molecular formula is C16H18Br2N2O. The Morgan fingerprint density at radius 1 is 1.24 bits per heavy atom. The lowest BCUT2D eigenvalue weighted by molar-refractivity contribution is 0.317. The summed E-state index contributed by atoms with van der Waals surface area (Å²) in [6.45, 7) is 2.84. The number of aromatic nitrogens is 1. The summed E-state index contributed by atoms with van der Waals surface area (Å²) < 4.78 is 7.55. The van der Waals surface area contributed by atoms with E-state index in [4.69, 9.17) is 4.74 Å². The molecule has 21 heavy (non-hydrogen) atoms. The highest BCUT2D eigenvalue weighted by atomic mass is 79.9. The quantitative estimate of drug-likeness (QED) is 0.744. The average molecular weight is 414 g/mol. The molecular weight excluding hydrogens is 396 g/mol. The molecule has 1 atom stereocenters. The molecule has 5 heteroatoms. The SMILES string of the molecule is CCCOc1ccc(C(NC)c2ncc(Br)cc2Br)cc1. The second-order valence-corrected chi connectivity index (χ2v) is 6.43. The smallest absolute Gasteiger partial charge is 0.119 e. The van der Waals surface area contributed by atoms with Crippen molar-refractivity contribution in [1.29, 1.82) is 0 Å². The summed E-state index contributed by atoms with van der Waals surface area (Å²) in [4.78, 5) is 4.51. The number of hydrogen-bond donors (Lipinski definition) is 1. The fourth-order valence-corrected chi connectivity index (χ4v) is 3.29. The number of nitrogens with zero attached hydrogens (tertiary/aromatic N) is 1. The summed E-state index contributed by atoms with van der Waals surface area (Å²) in [6, 6.07) is 10.2. The maximum Gasteiger partial charge on any atom is 0.119 e. The molecule has 0 bridgehead atoms. The second-order valence-electron chi connectivity index (χ2n) is 4.66. The average Bonchev–Trinajstić information content (AvgIpc) is 2.49. The Kier molecular flexibility index (Phi) is 6.21. The van der Waals surface area contributed by atoms with Gasteiger partial charge in [-0.15, -0.1) is 0 Å². The molecule has 2 aromatic rings. The Bertz CT molecular complexity index is 587. The summed E-state index contributed by atoms with van der Waals surface area (Å²) >= 11 is 7.01. The molecule has 0 saturated heterocycles. The van der Waals surface area contributed by atoms with Gasteiger partial charge in [-0.2, -0.15) is 0 Å². The van der Waals surface area contributed by atoms with Crippen molar-refractivity contribution in [3.63, 3.8) is 0 Å². The van der Waals surface area contributed by atoms with Crippen LogP contribution in [-0.2, 0) is 0 Å². The third-order valence-corrected chi connectivity index (χ3v) is 4.15. The zero-order valence-corrected chi connectivity index (χ0v) is 15.2. The number of hydrogen-bond acceptors (Lipinski definition) is 3. The number of halogens is 2. The van der Waals surface area contributed by atoms with Gasteiger partial charge < -0.3 is 10.1 Å². The van der Waals surface area contributed by atoms with Crippen molar-refractivity contribution in [2.24, 2.45) is 0 Å². The predicted octanol–water partition coefficient (Wildman–Crippen LogP) is 4.70. The summed E-state index contributed by atoms with van der Waals surface area (Å²) in [5, 5.41) is 3.31. The third-order valence-electron chi connectivity index (χ3n) is 3.08. The Morgan fingerprint density at radius 3 is 2.52 bits per heavy atom. The molecule has 1 aromatic heterocycles. The van der Waals surface area contributed by atoms with Crippen LogP contribution in [0.1, 0.15) is 30.6 Å². The van der Waals surface area contributed by atoms with Crippen LogP contribution in [0.4, 0.5) is 0 Å². The molecule has 0 amide bonds. The van der Waals surface area contributed by atoms with E-state index >= 15 is 0 Å². The van der Waals surface area contributed by atoms with Crippen LogP contribution in [-0.4, -0.2) is 18.6 Å². The maximum absolute atomic E-state index is 5.62. The Hall–Kier alpha value is -0.910. The van der Waals surface area contributed by atoms with Gasteiger partial charge in [-0.25, -0.2) is 0 Å². The Morgan fingerprint density at radius 2 is 1.95 bits per heavy atom. The number of rotatable bonds is 6. The van der Waals surface area contributed by atoms with Crippen LogP contribution in [0, 0.1) is 0 Å². The highest BCUT2D eigenvalue weighted by Crippen LogP contribution is 2.29. The Labute approximate surface area is 142 Å². The van der Waals surface area contributed by atoms with Crippen molar-refractivity contribution in [2.75, 3.05) is 13.7 Å². The highest BCUT2D eigenvalue weighted by Gasteiger charge is 2.16. The predicted molar refractivity (Wildman–Crippen MR) is 92.8 cm³/mol. The van der Waals surface area contributed by atoms with Crippen molar-refractivity contribution in [2.45, 2.75) is 19.4 Å². The van der Waals surface area contributed by atoms with Gasteiger partial charge in [0, 0.05) is 15.1 Å². The van der Waals surface area contributed by atoms with Crippen molar-refractivity contribution >= 4 is 31.9 Å². The van der Waals surface area contributed by atoms with E-state index in [2.05, 4.69) is 61.2 Å². The van der Waals surface area contributed by atoms with E-state index in [1.54, 1.807) is 0 Å². The molecule has 0 saturated carbocycles. The van der Waals surface area contributed by atoms with E-state index in [9.17, 15) is 0 Å². The maximum atomic E-state index is 5.62. The second kappa shape index (κ2) is 7.92. The molecule has 0 fully saturated rings. The number of benzene rings is 1. The van der Waals surface area contributed by atoms with E-state index in [-0.39, 0.29) is 6.04 Å². The van der Waals surface area contributed by atoms with E-state index in [1.165, 1.54) is 0 Å². The van der Waals surface area contributed by atoms with Crippen LogP contribution < -0.4 is 10.1 Å². The summed E-state index contributed by atoms with van der Waals surface area (Å²) in [5.74, 6) is 0.901. The van der Waals surface area contributed by atoms with Crippen molar-refractivity contribution in [3.8, 4) is 5.75 Å². The number of nitrogens with one attached hydrogen (secondary N) is 1. The summed E-state index contributed by atoms with van der Waals surface area (Å²) in [5.41, 5.74) is 2.11. The molecule has 112 valence electrons. The molecule has 1 heterocycles. The van der Waals surface area contributed by atoms with Crippen molar-refractivity contribution < 1.29 is 4.74 Å². The normalized spacial score (nSPS) is 12.2. The van der Waals surface area contributed by atoms with E-state index < -0.39 is 0 Å². The first kappa shape index (κ1) is 16.5. The van der Waals surface area contributed by atoms with Crippen LogP contribution in [0.15, 0.2) is 45.5 Å². The van der Waals surface area contributed by atoms with Gasteiger partial charge in [0.1, 0.15) is 5.75 Å². The lowest BCUT2D eigenvalue weighted by Gasteiger charge is -2.18. The minimum atomic E-state index is 0.0349. The molecule has 0 aliphatic heterocycles. The van der Waals surface area contributed by atoms with E-state index in [0.717, 1.165) is 39.0 Å². The zero-order chi connectivity index (χ0) is 15.2. The standard InChI is InChI=1S/C16H18Br2N2O/c1-3-8-21-13-6-4-11(5-7-13)15(19-2)16-14(18)9-12(17)10-20-16/h4-7,9-10,15,19H,3,8H2,1-2H3. The van der Waals surface area contributed by atoms with E-state index in [1.807, 2.05) is 31.4 Å². The molecule has 1 unspecified atom stereocenters. The van der Waals surface area contributed by atoms with Gasteiger partial charge in [-0.1, -0.05) is 19.1 Å². The van der Waals surface area contributed by atoms with Gasteiger partial charge in [-0.3, -0.25) is 4.98 Å². The fraction of sp³-hybridized carbons (Fsp3) is 0.312. The first-order chi connectivity index (χ1) is 10.2. The van der Waals surface area contributed by atoms with Gasteiger partial charge in [0.05, 0.1) is 18.3 Å².